The lowest BCUT2D eigenvalue weighted by Crippen LogP contribution is -2.04. The monoisotopic (exact) mass is 277 g/mol. The summed E-state index contributed by atoms with van der Waals surface area (Å²) in [6, 6.07) is 2.87. The van der Waals surface area contributed by atoms with Crippen LogP contribution in [0, 0.1) is 35.8 Å². The number of aliphatic hydroxyl groups is 1. The van der Waals surface area contributed by atoms with Gasteiger partial charge in [0, 0.05) is 12.0 Å². The van der Waals surface area contributed by atoms with Crippen LogP contribution in [0.15, 0.2) is 12.1 Å². The molecule has 0 radical (unpaired) electrons. The highest BCUT2D eigenvalue weighted by atomic mass is 16.6. The summed E-state index contributed by atoms with van der Waals surface area (Å²) in [6.45, 7) is 5.31. The van der Waals surface area contributed by atoms with E-state index in [2.05, 4.69) is 16.6 Å². The minimum Gasteiger partial charge on any atom is -0.456 e. The standard InChI is InChI=1S/C14H15NO5/c1-4-20-14(17)6-5-13(16)11-7-9(2)10(3)8-12(11)15(18)19/h7-8,13,16H,4H2,1-3H3. The van der Waals surface area contributed by atoms with Crippen molar-refractivity contribution < 1.29 is 19.6 Å². The van der Waals surface area contributed by atoms with Crippen LogP contribution in [0.1, 0.15) is 29.7 Å². The van der Waals surface area contributed by atoms with Gasteiger partial charge < -0.3 is 9.84 Å². The Kier molecular flexibility index (Phi) is 5.23. The van der Waals surface area contributed by atoms with Gasteiger partial charge in [0.15, 0.2) is 0 Å². The molecule has 106 valence electrons. The second kappa shape index (κ2) is 6.68. The molecule has 0 saturated heterocycles. The molecular formula is C14H15NO5. The number of hydrogen-bond acceptors (Lipinski definition) is 5. The molecule has 6 heteroatoms. The van der Waals surface area contributed by atoms with E-state index in [0.29, 0.717) is 0 Å². The van der Waals surface area contributed by atoms with Crippen LogP contribution < -0.4 is 0 Å². The van der Waals surface area contributed by atoms with E-state index in [-0.39, 0.29) is 17.9 Å². The molecule has 0 spiro atoms. The molecule has 20 heavy (non-hydrogen) atoms. The van der Waals surface area contributed by atoms with Crippen molar-refractivity contribution in [1.29, 1.82) is 0 Å². The van der Waals surface area contributed by atoms with Gasteiger partial charge in [-0.3, -0.25) is 10.1 Å². The first-order valence-electron chi connectivity index (χ1n) is 5.98. The van der Waals surface area contributed by atoms with Gasteiger partial charge in [-0.05, 0) is 38.0 Å². The number of hydrogen-bond donors (Lipinski definition) is 1. The van der Waals surface area contributed by atoms with E-state index in [9.17, 15) is 20.0 Å². The highest BCUT2D eigenvalue weighted by Gasteiger charge is 2.20. The number of carbonyl (C=O) groups is 1. The quantitative estimate of drug-likeness (QED) is 0.299. The molecule has 0 aliphatic rings. The predicted molar refractivity (Wildman–Crippen MR) is 71.9 cm³/mol. The van der Waals surface area contributed by atoms with Crippen molar-refractivity contribution in [2.45, 2.75) is 26.9 Å². The smallest absolute Gasteiger partial charge is 0.384 e. The van der Waals surface area contributed by atoms with Gasteiger partial charge in [0.2, 0.25) is 0 Å². The highest BCUT2D eigenvalue weighted by Crippen LogP contribution is 2.28. The first-order chi connectivity index (χ1) is 9.36. The van der Waals surface area contributed by atoms with Crippen molar-refractivity contribution in [3.8, 4) is 11.8 Å². The van der Waals surface area contributed by atoms with E-state index in [1.807, 2.05) is 0 Å². The van der Waals surface area contributed by atoms with Crippen LogP contribution in [-0.2, 0) is 9.53 Å². The van der Waals surface area contributed by atoms with E-state index in [4.69, 9.17) is 0 Å². The van der Waals surface area contributed by atoms with Crippen LogP contribution in [0.25, 0.3) is 0 Å². The van der Waals surface area contributed by atoms with Gasteiger partial charge in [-0.15, -0.1) is 0 Å². The van der Waals surface area contributed by atoms with E-state index in [1.165, 1.54) is 12.1 Å². The fourth-order valence-electron chi connectivity index (χ4n) is 1.57. The molecule has 1 rings (SSSR count). The van der Waals surface area contributed by atoms with Gasteiger partial charge in [0.1, 0.15) is 6.10 Å². The number of rotatable bonds is 3. The molecule has 6 nitrogen and oxygen atoms in total. The summed E-state index contributed by atoms with van der Waals surface area (Å²) < 4.78 is 4.59. The van der Waals surface area contributed by atoms with Crippen LogP contribution in [0.4, 0.5) is 5.69 Å². The van der Waals surface area contributed by atoms with Gasteiger partial charge in [-0.1, -0.05) is 5.92 Å². The summed E-state index contributed by atoms with van der Waals surface area (Å²) >= 11 is 0. The van der Waals surface area contributed by atoms with E-state index in [1.54, 1.807) is 20.8 Å². The average molecular weight is 277 g/mol. The number of ether oxygens (including phenoxy) is 1. The Labute approximate surface area is 116 Å². The zero-order valence-electron chi connectivity index (χ0n) is 11.5. The Balaban J connectivity index is 3.15. The van der Waals surface area contributed by atoms with Crippen molar-refractivity contribution >= 4 is 11.7 Å². The lowest BCUT2D eigenvalue weighted by Gasteiger charge is -2.08. The van der Waals surface area contributed by atoms with Crippen molar-refractivity contribution in [1.82, 2.24) is 0 Å². The largest absolute Gasteiger partial charge is 0.456 e. The number of nitro benzene ring substituents is 1. The maximum absolute atomic E-state index is 11.1. The van der Waals surface area contributed by atoms with Gasteiger partial charge in [0.05, 0.1) is 17.1 Å². The SMILES string of the molecule is CCOC(=O)C#CC(O)c1cc(C)c(C)cc1[N+](=O)[O-]. The number of aryl methyl sites for hydroxylation is 2. The number of esters is 1. The summed E-state index contributed by atoms with van der Waals surface area (Å²) in [5, 5.41) is 20.9. The third-order valence-electron chi connectivity index (χ3n) is 2.72. The van der Waals surface area contributed by atoms with Gasteiger partial charge in [-0.2, -0.15) is 0 Å². The molecule has 0 saturated carbocycles. The van der Waals surface area contributed by atoms with Crippen molar-refractivity contribution in [3.05, 3.63) is 38.9 Å². The molecule has 0 bridgehead atoms. The van der Waals surface area contributed by atoms with E-state index >= 15 is 0 Å². The fourth-order valence-corrected chi connectivity index (χ4v) is 1.57. The Bertz CT molecular complexity index is 598. The average Bonchev–Trinajstić information content (AvgIpc) is 2.38. The molecule has 0 aliphatic heterocycles. The maximum atomic E-state index is 11.1. The Morgan fingerprint density at radius 1 is 1.45 bits per heavy atom. The summed E-state index contributed by atoms with van der Waals surface area (Å²) in [4.78, 5) is 21.5. The number of benzene rings is 1. The van der Waals surface area contributed by atoms with E-state index in [0.717, 1.165) is 11.1 Å². The third kappa shape index (κ3) is 3.80. The molecule has 0 amide bonds. The second-order valence-electron chi connectivity index (χ2n) is 4.14. The zero-order valence-corrected chi connectivity index (χ0v) is 11.5. The van der Waals surface area contributed by atoms with Crippen molar-refractivity contribution in [2.75, 3.05) is 6.61 Å². The summed E-state index contributed by atoms with van der Waals surface area (Å²) in [5.41, 5.74) is 1.38. The molecule has 0 aromatic heterocycles. The lowest BCUT2D eigenvalue weighted by molar-refractivity contribution is -0.386. The van der Waals surface area contributed by atoms with E-state index < -0.39 is 17.0 Å². The van der Waals surface area contributed by atoms with Crippen molar-refractivity contribution in [2.24, 2.45) is 0 Å². The maximum Gasteiger partial charge on any atom is 0.384 e. The lowest BCUT2D eigenvalue weighted by atomic mass is 10.0. The molecule has 1 aromatic rings. The Morgan fingerprint density at radius 2 is 2.05 bits per heavy atom. The Morgan fingerprint density at radius 3 is 2.60 bits per heavy atom. The fraction of sp³-hybridized carbons (Fsp3) is 0.357. The Hall–Kier alpha value is -2.39. The summed E-state index contributed by atoms with van der Waals surface area (Å²) in [5.74, 6) is 3.57. The zero-order chi connectivity index (χ0) is 15.3. The minimum atomic E-state index is -1.42. The molecule has 0 heterocycles. The highest BCUT2D eigenvalue weighted by molar-refractivity contribution is 5.88. The van der Waals surface area contributed by atoms with Crippen LogP contribution in [0.2, 0.25) is 0 Å². The number of aliphatic hydroxyl groups excluding tert-OH is 1. The van der Waals surface area contributed by atoms with Crippen LogP contribution >= 0.6 is 0 Å². The topological polar surface area (TPSA) is 89.7 Å². The summed E-state index contributed by atoms with van der Waals surface area (Å²) in [7, 11) is 0. The van der Waals surface area contributed by atoms with Crippen LogP contribution in [-0.4, -0.2) is 22.6 Å². The normalized spacial score (nSPS) is 11.2. The molecule has 0 aliphatic carbocycles. The van der Waals surface area contributed by atoms with Crippen LogP contribution in [0.5, 0.6) is 0 Å². The first kappa shape index (κ1) is 15.7. The number of nitro groups is 1. The van der Waals surface area contributed by atoms with Gasteiger partial charge >= 0.3 is 5.97 Å². The number of carbonyl (C=O) groups excluding carboxylic acids is 1. The molecule has 1 N–H and O–H groups in total. The number of nitrogens with zero attached hydrogens (tertiary/aromatic N) is 1. The van der Waals surface area contributed by atoms with Crippen LogP contribution in [0.3, 0.4) is 0 Å². The molecule has 1 aromatic carbocycles. The molecule has 0 fully saturated rings. The van der Waals surface area contributed by atoms with Gasteiger partial charge in [0.25, 0.3) is 5.69 Å². The molecular weight excluding hydrogens is 262 g/mol. The summed E-state index contributed by atoms with van der Waals surface area (Å²) in [6.07, 6.45) is -1.42. The molecule has 1 unspecified atom stereocenters. The second-order valence-corrected chi connectivity index (χ2v) is 4.14. The third-order valence-corrected chi connectivity index (χ3v) is 2.72. The van der Waals surface area contributed by atoms with Crippen molar-refractivity contribution in [3.63, 3.8) is 0 Å². The first-order valence-corrected chi connectivity index (χ1v) is 5.98. The molecule has 1 atom stereocenters. The van der Waals surface area contributed by atoms with Gasteiger partial charge in [-0.25, -0.2) is 4.79 Å². The minimum absolute atomic E-state index is 0.0647. The predicted octanol–water partition coefficient (Wildman–Crippen LogP) is 1.81.